The molecule has 75 valence electrons. The van der Waals surface area contributed by atoms with Crippen molar-refractivity contribution in [3.8, 4) is 0 Å². The van der Waals surface area contributed by atoms with Gasteiger partial charge < -0.3 is 0 Å². The van der Waals surface area contributed by atoms with E-state index in [4.69, 9.17) is 0 Å². The fourth-order valence-electron chi connectivity index (χ4n) is 2.18. The van der Waals surface area contributed by atoms with Crippen LogP contribution in [0.5, 0.6) is 0 Å². The molecule has 0 aliphatic carbocycles. The highest BCUT2D eigenvalue weighted by atomic mass is 16.5. The van der Waals surface area contributed by atoms with Crippen molar-refractivity contribution >= 4 is 5.71 Å². The van der Waals surface area contributed by atoms with Crippen molar-refractivity contribution in [3.05, 3.63) is 0 Å². The van der Waals surface area contributed by atoms with E-state index in [1.807, 2.05) is 34.7 Å². The van der Waals surface area contributed by atoms with Gasteiger partial charge in [-0.05, 0) is 27.7 Å². The number of piperidine rings is 1. The van der Waals surface area contributed by atoms with Gasteiger partial charge in [0, 0.05) is 36.7 Å². The van der Waals surface area contributed by atoms with Crippen molar-refractivity contribution in [2.24, 2.45) is 4.99 Å². The van der Waals surface area contributed by atoms with E-state index in [0.29, 0.717) is 0 Å². The Balaban J connectivity index is 2.95. The van der Waals surface area contributed by atoms with Crippen LogP contribution in [0, 0.1) is 0 Å². The summed E-state index contributed by atoms with van der Waals surface area (Å²) in [6, 6.07) is 0. The van der Waals surface area contributed by atoms with Gasteiger partial charge in [-0.25, -0.2) is 0 Å². The molecule has 1 rings (SSSR count). The molecule has 0 aromatic heterocycles. The summed E-state index contributed by atoms with van der Waals surface area (Å²) in [5.74, 6) is 0. The second-order valence-electron chi connectivity index (χ2n) is 5.06. The summed E-state index contributed by atoms with van der Waals surface area (Å²) in [5, 5.41) is 13.1. The average molecular weight is 183 g/mol. The Bertz CT molecular complexity index is 211. The molecule has 0 atom stereocenters. The highest BCUT2D eigenvalue weighted by molar-refractivity contribution is 5.87. The Morgan fingerprint density at radius 2 is 1.54 bits per heavy atom. The van der Waals surface area contributed by atoms with Gasteiger partial charge in [0.1, 0.15) is 0 Å². The molecule has 3 nitrogen and oxygen atoms in total. The second kappa shape index (κ2) is 3.07. The molecule has 0 bridgehead atoms. The van der Waals surface area contributed by atoms with Crippen LogP contribution in [0.2, 0.25) is 0 Å². The molecule has 0 spiro atoms. The van der Waals surface area contributed by atoms with Crippen molar-refractivity contribution in [1.82, 2.24) is 5.06 Å². The van der Waals surface area contributed by atoms with Crippen molar-refractivity contribution in [3.63, 3.8) is 0 Å². The zero-order valence-corrected chi connectivity index (χ0v) is 9.22. The third-order valence-corrected chi connectivity index (χ3v) is 2.69. The van der Waals surface area contributed by atoms with E-state index in [9.17, 15) is 5.21 Å². The molecule has 0 saturated carbocycles. The van der Waals surface area contributed by atoms with E-state index in [0.717, 1.165) is 18.6 Å². The van der Waals surface area contributed by atoms with Gasteiger partial charge in [0.05, 0.1) is 0 Å². The van der Waals surface area contributed by atoms with E-state index >= 15 is 0 Å². The molecule has 1 saturated heterocycles. The second-order valence-corrected chi connectivity index (χ2v) is 5.06. The highest BCUT2D eigenvalue weighted by Gasteiger charge is 2.44. The van der Waals surface area contributed by atoms with Gasteiger partial charge in [-0.1, -0.05) is 0 Å². The summed E-state index contributed by atoms with van der Waals surface area (Å²) in [6.07, 6.45) is 1.58. The smallest absolute Gasteiger partial charge is 0.0495 e. The van der Waals surface area contributed by atoms with Gasteiger partial charge >= 0.3 is 0 Å². The Kier molecular flexibility index (Phi) is 2.52. The Morgan fingerprint density at radius 1 is 1.15 bits per heavy atom. The summed E-state index contributed by atoms with van der Waals surface area (Å²) < 4.78 is 0. The Labute approximate surface area is 80.4 Å². The van der Waals surface area contributed by atoms with Crippen LogP contribution in [0.15, 0.2) is 4.99 Å². The van der Waals surface area contributed by atoms with Crippen molar-refractivity contribution in [2.45, 2.75) is 51.6 Å². The standard InChI is InChI=1S/C10H19N2O/c1-9(2)6-8(11-5)7-10(3,4)12(9)13/h6-7H2,1-5H3. The van der Waals surface area contributed by atoms with Gasteiger partial charge in [-0.3, -0.25) is 4.99 Å². The van der Waals surface area contributed by atoms with E-state index in [2.05, 4.69) is 4.99 Å². The molecule has 1 aliphatic rings. The van der Waals surface area contributed by atoms with Gasteiger partial charge in [-0.15, -0.1) is 10.3 Å². The monoisotopic (exact) mass is 183 g/mol. The summed E-state index contributed by atoms with van der Waals surface area (Å²) in [5.41, 5.74) is 0.537. The number of hydroxylamine groups is 2. The first-order valence-electron chi connectivity index (χ1n) is 4.71. The molecular formula is C10H19N2O. The molecule has 1 radical (unpaired) electrons. The van der Waals surface area contributed by atoms with Crippen LogP contribution in [0.3, 0.4) is 0 Å². The maximum absolute atomic E-state index is 11.9. The lowest BCUT2D eigenvalue weighted by atomic mass is 9.81. The SMILES string of the molecule is CN=C1CC(C)(C)N([O])C(C)(C)C1. The summed E-state index contributed by atoms with van der Waals surface area (Å²) in [6.45, 7) is 7.91. The first kappa shape index (κ1) is 10.7. The van der Waals surface area contributed by atoms with Crippen LogP contribution < -0.4 is 0 Å². The third-order valence-electron chi connectivity index (χ3n) is 2.69. The molecule has 0 aromatic rings. The van der Waals surface area contributed by atoms with E-state index < -0.39 is 0 Å². The van der Waals surface area contributed by atoms with Gasteiger partial charge in [0.2, 0.25) is 0 Å². The van der Waals surface area contributed by atoms with Crippen LogP contribution in [-0.4, -0.2) is 28.9 Å². The molecule has 13 heavy (non-hydrogen) atoms. The molecule has 1 aliphatic heterocycles. The van der Waals surface area contributed by atoms with E-state index in [1.165, 1.54) is 5.06 Å². The van der Waals surface area contributed by atoms with Crippen molar-refractivity contribution in [1.29, 1.82) is 0 Å². The average Bonchev–Trinajstić information content (AvgIpc) is 1.99. The lowest BCUT2D eigenvalue weighted by Gasteiger charge is -2.47. The lowest BCUT2D eigenvalue weighted by molar-refractivity contribution is -0.273. The quantitative estimate of drug-likeness (QED) is 0.566. The van der Waals surface area contributed by atoms with E-state index in [1.54, 1.807) is 0 Å². The normalized spacial score (nSPS) is 27.4. The molecular weight excluding hydrogens is 164 g/mol. The van der Waals surface area contributed by atoms with Crippen LogP contribution in [0.25, 0.3) is 0 Å². The number of rotatable bonds is 0. The topological polar surface area (TPSA) is 35.5 Å². The molecule has 0 amide bonds. The molecule has 0 unspecified atom stereocenters. The Morgan fingerprint density at radius 3 is 1.85 bits per heavy atom. The molecule has 0 N–H and O–H groups in total. The predicted molar refractivity (Wildman–Crippen MR) is 53.3 cm³/mol. The minimum Gasteiger partial charge on any atom is -0.297 e. The number of aliphatic imine (C=N–C) groups is 1. The zero-order valence-electron chi connectivity index (χ0n) is 9.22. The largest absolute Gasteiger partial charge is 0.297 e. The Hall–Kier alpha value is -0.410. The fraction of sp³-hybridized carbons (Fsp3) is 0.900. The third kappa shape index (κ3) is 1.92. The fourth-order valence-corrected chi connectivity index (χ4v) is 2.18. The highest BCUT2D eigenvalue weighted by Crippen LogP contribution is 2.35. The van der Waals surface area contributed by atoms with E-state index in [-0.39, 0.29) is 11.1 Å². The maximum atomic E-state index is 11.9. The van der Waals surface area contributed by atoms with Crippen LogP contribution >= 0.6 is 0 Å². The summed E-state index contributed by atoms with van der Waals surface area (Å²) >= 11 is 0. The molecule has 1 fully saturated rings. The molecule has 3 heteroatoms. The van der Waals surface area contributed by atoms with Crippen LogP contribution in [-0.2, 0) is 5.21 Å². The summed E-state index contributed by atoms with van der Waals surface area (Å²) in [4.78, 5) is 4.22. The predicted octanol–water partition coefficient (Wildman–Crippen LogP) is 2.06. The van der Waals surface area contributed by atoms with Crippen LogP contribution in [0.1, 0.15) is 40.5 Å². The number of nitrogens with zero attached hydrogens (tertiary/aromatic N) is 2. The van der Waals surface area contributed by atoms with Gasteiger partial charge in [-0.2, -0.15) is 0 Å². The minimum absolute atomic E-state index is 0.309. The first-order valence-corrected chi connectivity index (χ1v) is 4.71. The maximum Gasteiger partial charge on any atom is 0.0495 e. The van der Waals surface area contributed by atoms with Gasteiger partial charge in [0.15, 0.2) is 0 Å². The number of hydrogen-bond acceptors (Lipinski definition) is 2. The zero-order chi connectivity index (χ0) is 10.3. The lowest BCUT2D eigenvalue weighted by Crippen LogP contribution is -2.58. The minimum atomic E-state index is -0.309. The van der Waals surface area contributed by atoms with Gasteiger partial charge in [0.25, 0.3) is 0 Å². The summed E-state index contributed by atoms with van der Waals surface area (Å²) in [7, 11) is 1.81. The van der Waals surface area contributed by atoms with Crippen molar-refractivity contribution in [2.75, 3.05) is 7.05 Å². The number of hydrogen-bond donors (Lipinski definition) is 0. The molecule has 0 aromatic carbocycles. The van der Waals surface area contributed by atoms with Crippen LogP contribution in [0.4, 0.5) is 0 Å². The molecule has 1 heterocycles. The van der Waals surface area contributed by atoms with Crippen molar-refractivity contribution < 1.29 is 5.21 Å². The first-order chi connectivity index (χ1) is 5.79.